The third-order valence-corrected chi connectivity index (χ3v) is 3.50. The summed E-state index contributed by atoms with van der Waals surface area (Å²) in [7, 11) is 1.43. The molecule has 0 radical (unpaired) electrons. The molecule has 0 saturated heterocycles. The van der Waals surface area contributed by atoms with Gasteiger partial charge >= 0.3 is 5.97 Å². The van der Waals surface area contributed by atoms with Crippen molar-refractivity contribution in [2.24, 2.45) is 0 Å². The first-order chi connectivity index (χ1) is 8.81. The molecule has 0 saturated carbocycles. The minimum absolute atomic E-state index is 0.133. The van der Waals surface area contributed by atoms with Gasteiger partial charge in [-0.25, -0.2) is 0 Å². The van der Waals surface area contributed by atoms with Crippen molar-refractivity contribution in [2.75, 3.05) is 19.0 Å². The van der Waals surface area contributed by atoms with Crippen LogP contribution in [0.1, 0.15) is 36.8 Å². The summed E-state index contributed by atoms with van der Waals surface area (Å²) in [5, 5.41) is 3.44. The number of ether oxygens (including phenoxy) is 1. The lowest BCUT2D eigenvalue weighted by Crippen LogP contribution is -2.10. The number of hydrogen-bond acceptors (Lipinski definition) is 3. The Labute approximate surface area is 109 Å². The molecule has 2 rings (SSSR count). The lowest BCUT2D eigenvalue weighted by Gasteiger charge is -2.20. The van der Waals surface area contributed by atoms with Crippen LogP contribution in [-0.4, -0.2) is 19.6 Å². The zero-order valence-electron chi connectivity index (χ0n) is 11.0. The van der Waals surface area contributed by atoms with E-state index in [1.807, 2.05) is 0 Å². The fourth-order valence-electron chi connectivity index (χ4n) is 2.50. The summed E-state index contributed by atoms with van der Waals surface area (Å²) in [6, 6.07) is 6.49. The number of esters is 1. The number of benzene rings is 1. The first kappa shape index (κ1) is 12.9. The van der Waals surface area contributed by atoms with Crippen LogP contribution in [0.2, 0.25) is 0 Å². The Bertz CT molecular complexity index is 415. The fourth-order valence-corrected chi connectivity index (χ4v) is 2.50. The van der Waals surface area contributed by atoms with E-state index < -0.39 is 0 Å². The molecular formula is C15H21NO2. The highest BCUT2D eigenvalue weighted by Crippen LogP contribution is 2.27. The number of carbonyl (C=O) groups is 1. The van der Waals surface area contributed by atoms with Gasteiger partial charge in [-0.3, -0.25) is 4.79 Å². The van der Waals surface area contributed by atoms with E-state index in [4.69, 9.17) is 0 Å². The first-order valence-electron chi connectivity index (χ1n) is 6.72. The minimum atomic E-state index is -0.133. The van der Waals surface area contributed by atoms with Crippen molar-refractivity contribution in [2.45, 2.75) is 38.5 Å². The molecule has 1 N–H and O–H groups in total. The van der Waals surface area contributed by atoms with Gasteiger partial charge in [0, 0.05) is 18.7 Å². The predicted molar refractivity (Wildman–Crippen MR) is 72.8 cm³/mol. The summed E-state index contributed by atoms with van der Waals surface area (Å²) in [6.07, 6.45) is 6.27. The molecule has 0 fully saturated rings. The van der Waals surface area contributed by atoms with E-state index in [0.29, 0.717) is 6.42 Å². The zero-order valence-corrected chi connectivity index (χ0v) is 11.0. The van der Waals surface area contributed by atoms with E-state index in [0.717, 1.165) is 13.0 Å². The van der Waals surface area contributed by atoms with E-state index in [1.165, 1.54) is 49.6 Å². The van der Waals surface area contributed by atoms with Crippen LogP contribution in [0, 0.1) is 0 Å². The SMILES string of the molecule is COC(=O)CCCNc1cccc2c1CCCC2. The molecule has 1 aliphatic carbocycles. The highest BCUT2D eigenvalue weighted by Gasteiger charge is 2.12. The molecule has 1 aromatic rings. The van der Waals surface area contributed by atoms with Crippen LogP contribution in [0.3, 0.4) is 0 Å². The maximum absolute atomic E-state index is 11.0. The van der Waals surface area contributed by atoms with Gasteiger partial charge < -0.3 is 10.1 Å². The molecule has 98 valence electrons. The van der Waals surface area contributed by atoms with Crippen molar-refractivity contribution in [1.29, 1.82) is 0 Å². The highest BCUT2D eigenvalue weighted by atomic mass is 16.5. The summed E-state index contributed by atoms with van der Waals surface area (Å²) < 4.78 is 4.63. The number of carbonyl (C=O) groups excluding carboxylic acids is 1. The van der Waals surface area contributed by atoms with E-state index in [-0.39, 0.29) is 5.97 Å². The molecule has 3 heteroatoms. The molecule has 3 nitrogen and oxygen atoms in total. The van der Waals surface area contributed by atoms with E-state index in [9.17, 15) is 4.79 Å². The van der Waals surface area contributed by atoms with Gasteiger partial charge in [0.2, 0.25) is 0 Å². The van der Waals surface area contributed by atoms with Crippen LogP contribution in [0.15, 0.2) is 18.2 Å². The molecule has 18 heavy (non-hydrogen) atoms. The molecule has 0 aliphatic heterocycles. The Kier molecular flexibility index (Phi) is 4.62. The van der Waals surface area contributed by atoms with Crippen molar-refractivity contribution in [1.82, 2.24) is 0 Å². The monoisotopic (exact) mass is 247 g/mol. The predicted octanol–water partition coefficient (Wildman–Crippen LogP) is 2.93. The third kappa shape index (κ3) is 3.25. The van der Waals surface area contributed by atoms with Crippen LogP contribution in [0.4, 0.5) is 5.69 Å². The number of hydrogen-bond donors (Lipinski definition) is 1. The summed E-state index contributed by atoms with van der Waals surface area (Å²) >= 11 is 0. The molecule has 0 bridgehead atoms. The quantitative estimate of drug-likeness (QED) is 0.642. The topological polar surface area (TPSA) is 38.3 Å². The van der Waals surface area contributed by atoms with Crippen molar-refractivity contribution in [3.8, 4) is 0 Å². The molecule has 0 amide bonds. The maximum Gasteiger partial charge on any atom is 0.305 e. The number of fused-ring (bicyclic) bond motifs is 1. The van der Waals surface area contributed by atoms with Gasteiger partial charge in [0.05, 0.1) is 7.11 Å². The summed E-state index contributed by atoms with van der Waals surface area (Å²) in [5.41, 5.74) is 4.21. The van der Waals surface area contributed by atoms with Gasteiger partial charge in [0.1, 0.15) is 0 Å². The van der Waals surface area contributed by atoms with Crippen molar-refractivity contribution < 1.29 is 9.53 Å². The average Bonchev–Trinajstić information content (AvgIpc) is 2.43. The molecule has 0 unspecified atom stereocenters. The molecular weight excluding hydrogens is 226 g/mol. The Hall–Kier alpha value is -1.51. The van der Waals surface area contributed by atoms with Gasteiger partial charge in [0.15, 0.2) is 0 Å². The second kappa shape index (κ2) is 6.43. The summed E-state index contributed by atoms with van der Waals surface area (Å²) in [6.45, 7) is 0.825. The number of nitrogens with one attached hydrogen (secondary N) is 1. The van der Waals surface area contributed by atoms with Crippen molar-refractivity contribution >= 4 is 11.7 Å². The van der Waals surface area contributed by atoms with Gasteiger partial charge in [-0.15, -0.1) is 0 Å². The Morgan fingerprint density at radius 1 is 1.33 bits per heavy atom. The van der Waals surface area contributed by atoms with Crippen molar-refractivity contribution in [3.63, 3.8) is 0 Å². The minimum Gasteiger partial charge on any atom is -0.469 e. The van der Waals surface area contributed by atoms with Crippen molar-refractivity contribution in [3.05, 3.63) is 29.3 Å². The van der Waals surface area contributed by atoms with Crippen LogP contribution >= 0.6 is 0 Å². The Morgan fingerprint density at radius 3 is 3.00 bits per heavy atom. The largest absolute Gasteiger partial charge is 0.469 e. The lowest BCUT2D eigenvalue weighted by molar-refractivity contribution is -0.140. The summed E-state index contributed by atoms with van der Waals surface area (Å²) in [4.78, 5) is 11.0. The average molecular weight is 247 g/mol. The highest BCUT2D eigenvalue weighted by molar-refractivity contribution is 5.69. The fraction of sp³-hybridized carbons (Fsp3) is 0.533. The van der Waals surface area contributed by atoms with E-state index in [2.05, 4.69) is 28.3 Å². The first-order valence-corrected chi connectivity index (χ1v) is 6.72. The Balaban J connectivity index is 1.88. The molecule has 1 aliphatic rings. The number of aryl methyl sites for hydroxylation is 1. The molecule has 0 atom stereocenters. The molecule has 0 spiro atoms. The normalized spacial score (nSPS) is 13.8. The van der Waals surface area contributed by atoms with Crippen LogP contribution in [-0.2, 0) is 22.4 Å². The second-order valence-corrected chi connectivity index (χ2v) is 4.76. The zero-order chi connectivity index (χ0) is 12.8. The molecule has 0 aromatic heterocycles. The lowest BCUT2D eigenvalue weighted by atomic mass is 9.90. The number of anilines is 1. The maximum atomic E-state index is 11.0. The van der Waals surface area contributed by atoms with Gasteiger partial charge in [-0.1, -0.05) is 12.1 Å². The van der Waals surface area contributed by atoms with Crippen LogP contribution < -0.4 is 5.32 Å². The number of methoxy groups -OCH3 is 1. The number of rotatable bonds is 5. The Morgan fingerprint density at radius 2 is 2.17 bits per heavy atom. The van der Waals surface area contributed by atoms with E-state index >= 15 is 0 Å². The smallest absolute Gasteiger partial charge is 0.305 e. The van der Waals surface area contributed by atoms with Gasteiger partial charge in [0.25, 0.3) is 0 Å². The van der Waals surface area contributed by atoms with Gasteiger partial charge in [-0.05, 0) is 49.3 Å². The van der Waals surface area contributed by atoms with Gasteiger partial charge in [-0.2, -0.15) is 0 Å². The third-order valence-electron chi connectivity index (χ3n) is 3.50. The van der Waals surface area contributed by atoms with Crippen LogP contribution in [0.5, 0.6) is 0 Å². The molecule has 0 heterocycles. The van der Waals surface area contributed by atoms with E-state index in [1.54, 1.807) is 0 Å². The van der Waals surface area contributed by atoms with Crippen LogP contribution in [0.25, 0.3) is 0 Å². The summed E-state index contributed by atoms with van der Waals surface area (Å²) in [5.74, 6) is -0.133. The second-order valence-electron chi connectivity index (χ2n) is 4.76. The standard InChI is InChI=1S/C15H21NO2/c1-18-15(17)10-5-11-16-14-9-4-7-12-6-2-3-8-13(12)14/h4,7,9,16H,2-3,5-6,8,10-11H2,1H3. The molecule has 1 aromatic carbocycles.